The Balaban J connectivity index is 1.52. The summed E-state index contributed by atoms with van der Waals surface area (Å²) >= 11 is 12.7. The number of aliphatic hydroxyl groups excluding tert-OH is 1. The van der Waals surface area contributed by atoms with Crippen molar-refractivity contribution in [2.75, 3.05) is 18.0 Å². The monoisotopic (exact) mass is 507 g/mol. The molecule has 2 heterocycles. The molecule has 1 aliphatic carbocycles. The Labute approximate surface area is 206 Å². The number of imide groups is 1. The molecule has 2 aromatic carbocycles. The predicted octanol–water partition coefficient (Wildman–Crippen LogP) is 4.08. The number of halogens is 3. The Morgan fingerprint density at radius 3 is 2.62 bits per heavy atom. The summed E-state index contributed by atoms with van der Waals surface area (Å²) in [5.41, 5.74) is 0.770. The summed E-state index contributed by atoms with van der Waals surface area (Å²) < 4.78 is 21.2. The molecule has 0 spiro atoms. The average molecular weight is 508 g/mol. The summed E-state index contributed by atoms with van der Waals surface area (Å²) in [5, 5.41) is 13.6. The Morgan fingerprint density at radius 1 is 1.21 bits per heavy atom. The summed E-state index contributed by atoms with van der Waals surface area (Å²) in [6, 6.07) is 6.55. The summed E-state index contributed by atoms with van der Waals surface area (Å²) in [6.45, 7) is 4.35. The van der Waals surface area contributed by atoms with Gasteiger partial charge >= 0.3 is 6.03 Å². The first kappa shape index (κ1) is 23.4. The second-order valence-electron chi connectivity index (χ2n) is 9.51. The van der Waals surface area contributed by atoms with E-state index < -0.39 is 35.5 Å². The molecule has 34 heavy (non-hydrogen) atoms. The molecule has 0 bridgehead atoms. The molecule has 3 aliphatic rings. The fourth-order valence-corrected chi connectivity index (χ4v) is 5.58. The highest BCUT2D eigenvalue weighted by atomic mass is 35.5. The third kappa shape index (κ3) is 3.92. The van der Waals surface area contributed by atoms with E-state index >= 15 is 0 Å². The second kappa shape index (κ2) is 8.37. The number of nitrogens with zero attached hydrogens (tertiary/aromatic N) is 2. The summed E-state index contributed by atoms with van der Waals surface area (Å²) in [7, 11) is 0. The van der Waals surface area contributed by atoms with Crippen LogP contribution in [0.1, 0.15) is 37.5 Å². The van der Waals surface area contributed by atoms with E-state index in [1.54, 1.807) is 26.0 Å². The molecule has 3 atom stereocenters. The van der Waals surface area contributed by atoms with Crippen molar-refractivity contribution < 1.29 is 23.8 Å². The van der Waals surface area contributed by atoms with E-state index in [0.29, 0.717) is 36.0 Å². The number of benzene rings is 2. The standard InChI is InChI=1S/C24H24Cl2FN3O4/c1-24(2)22(32)30(23(33)28-24)13-3-4-18(27)20(9-13)34-21-16-7-12(25)8-17(26)15(16)10-19(21)29-6-5-14(31)11-29/h3-4,7-9,14,19,21,31H,5-6,10-11H2,1-2H3,(H,28,33)/t14-,19+,21+/m1/s1. The molecule has 2 saturated heterocycles. The van der Waals surface area contributed by atoms with Gasteiger partial charge in [-0.05, 0) is 56.5 Å². The molecule has 2 N–H and O–H groups in total. The van der Waals surface area contributed by atoms with Crippen molar-refractivity contribution in [3.8, 4) is 5.75 Å². The molecule has 5 rings (SSSR count). The van der Waals surface area contributed by atoms with Gasteiger partial charge in [-0.3, -0.25) is 9.69 Å². The Kier molecular flexibility index (Phi) is 5.75. The minimum absolute atomic E-state index is 0.0958. The minimum atomic E-state index is -1.06. The normalized spacial score (nSPS) is 26.2. The van der Waals surface area contributed by atoms with Gasteiger partial charge in [-0.1, -0.05) is 23.2 Å². The fourth-order valence-electron chi connectivity index (χ4n) is 4.99. The van der Waals surface area contributed by atoms with E-state index in [1.165, 1.54) is 18.2 Å². The Bertz CT molecular complexity index is 1190. The maximum atomic E-state index is 14.9. The number of β-amino-alcohol motifs (C(OH)–C–C–N with tert-alkyl or cyclic N) is 1. The van der Waals surface area contributed by atoms with Crippen LogP contribution in [0.25, 0.3) is 0 Å². The number of hydrogen-bond donors (Lipinski definition) is 2. The largest absolute Gasteiger partial charge is 0.481 e. The van der Waals surface area contributed by atoms with Crippen LogP contribution in [-0.4, -0.2) is 52.7 Å². The van der Waals surface area contributed by atoms with Crippen LogP contribution in [0, 0.1) is 5.82 Å². The van der Waals surface area contributed by atoms with E-state index in [2.05, 4.69) is 10.2 Å². The van der Waals surface area contributed by atoms with E-state index in [1.807, 2.05) is 0 Å². The number of amides is 3. The molecular formula is C24H24Cl2FN3O4. The third-order valence-corrected chi connectivity index (χ3v) is 7.27. The number of hydrogen-bond acceptors (Lipinski definition) is 5. The molecule has 0 aromatic heterocycles. The second-order valence-corrected chi connectivity index (χ2v) is 10.4. The van der Waals surface area contributed by atoms with Crippen LogP contribution in [0.3, 0.4) is 0 Å². The number of aliphatic hydroxyl groups is 1. The third-order valence-electron chi connectivity index (χ3n) is 6.72. The summed E-state index contributed by atoms with van der Waals surface area (Å²) in [4.78, 5) is 28.3. The first-order valence-corrected chi connectivity index (χ1v) is 11.8. The highest BCUT2D eigenvalue weighted by Gasteiger charge is 2.46. The van der Waals surface area contributed by atoms with Crippen molar-refractivity contribution in [1.29, 1.82) is 0 Å². The van der Waals surface area contributed by atoms with Crippen molar-refractivity contribution in [3.05, 3.63) is 57.3 Å². The van der Waals surface area contributed by atoms with Crippen LogP contribution in [0.5, 0.6) is 5.75 Å². The van der Waals surface area contributed by atoms with Crippen molar-refractivity contribution in [3.63, 3.8) is 0 Å². The molecule has 2 fully saturated rings. The fraction of sp³-hybridized carbons (Fsp3) is 0.417. The zero-order chi connectivity index (χ0) is 24.4. The van der Waals surface area contributed by atoms with Crippen molar-refractivity contribution in [2.24, 2.45) is 0 Å². The topological polar surface area (TPSA) is 82.1 Å². The SMILES string of the molecule is CC1(C)NC(=O)N(c2ccc(F)c(O[C@H]3c4cc(Cl)cc(Cl)c4C[C@@H]3N3CC[C@@H](O)C3)c2)C1=O. The molecule has 7 nitrogen and oxygen atoms in total. The lowest BCUT2D eigenvalue weighted by Crippen LogP contribution is -2.40. The maximum absolute atomic E-state index is 14.9. The number of fused-ring (bicyclic) bond motifs is 1. The van der Waals surface area contributed by atoms with E-state index in [4.69, 9.17) is 27.9 Å². The van der Waals surface area contributed by atoms with Crippen LogP contribution >= 0.6 is 23.2 Å². The van der Waals surface area contributed by atoms with Gasteiger partial charge in [0, 0.05) is 34.8 Å². The molecule has 2 aromatic rings. The number of urea groups is 1. The predicted molar refractivity (Wildman–Crippen MR) is 126 cm³/mol. The highest BCUT2D eigenvalue weighted by molar-refractivity contribution is 6.35. The molecular weight excluding hydrogens is 484 g/mol. The Morgan fingerprint density at radius 2 is 1.97 bits per heavy atom. The van der Waals surface area contributed by atoms with Gasteiger partial charge in [0.2, 0.25) is 0 Å². The molecule has 0 radical (unpaired) electrons. The van der Waals surface area contributed by atoms with Crippen LogP contribution in [0.15, 0.2) is 30.3 Å². The maximum Gasteiger partial charge on any atom is 0.329 e. The van der Waals surface area contributed by atoms with E-state index in [9.17, 15) is 19.1 Å². The van der Waals surface area contributed by atoms with Crippen LogP contribution < -0.4 is 15.0 Å². The van der Waals surface area contributed by atoms with E-state index in [-0.39, 0.29) is 17.5 Å². The van der Waals surface area contributed by atoms with Gasteiger partial charge in [-0.25, -0.2) is 14.1 Å². The first-order valence-electron chi connectivity index (χ1n) is 11.1. The number of likely N-dealkylation sites (tertiary alicyclic amines) is 1. The van der Waals surface area contributed by atoms with Gasteiger partial charge in [0.05, 0.1) is 17.8 Å². The number of anilines is 1. The summed E-state index contributed by atoms with van der Waals surface area (Å²) in [5.74, 6) is -1.16. The van der Waals surface area contributed by atoms with Crippen LogP contribution in [0.2, 0.25) is 10.0 Å². The lowest BCUT2D eigenvalue weighted by molar-refractivity contribution is -0.121. The molecule has 10 heteroatoms. The smallest absolute Gasteiger partial charge is 0.329 e. The van der Waals surface area contributed by atoms with Gasteiger partial charge in [0.15, 0.2) is 11.6 Å². The molecule has 180 valence electrons. The quantitative estimate of drug-likeness (QED) is 0.609. The van der Waals surface area contributed by atoms with Crippen LogP contribution in [-0.2, 0) is 11.2 Å². The lowest BCUT2D eigenvalue weighted by atomic mass is 10.1. The molecule has 2 aliphatic heterocycles. The average Bonchev–Trinajstić information content (AvgIpc) is 3.39. The van der Waals surface area contributed by atoms with Crippen molar-refractivity contribution in [1.82, 2.24) is 10.2 Å². The zero-order valence-corrected chi connectivity index (χ0v) is 20.2. The number of carbonyl (C=O) groups is 2. The highest BCUT2D eigenvalue weighted by Crippen LogP contribution is 2.44. The number of rotatable bonds is 4. The van der Waals surface area contributed by atoms with Gasteiger partial charge < -0.3 is 15.2 Å². The minimum Gasteiger partial charge on any atom is -0.481 e. The first-order chi connectivity index (χ1) is 16.0. The molecule has 3 amide bonds. The van der Waals surface area contributed by atoms with E-state index in [0.717, 1.165) is 16.0 Å². The Hall–Kier alpha value is -2.39. The van der Waals surface area contributed by atoms with Crippen LogP contribution in [0.4, 0.5) is 14.9 Å². The number of carbonyl (C=O) groups excluding carboxylic acids is 2. The van der Waals surface area contributed by atoms with Gasteiger partial charge in [-0.2, -0.15) is 0 Å². The van der Waals surface area contributed by atoms with Gasteiger partial charge in [-0.15, -0.1) is 0 Å². The molecule has 0 unspecified atom stereocenters. The van der Waals surface area contributed by atoms with Gasteiger partial charge in [0.25, 0.3) is 5.91 Å². The van der Waals surface area contributed by atoms with Gasteiger partial charge in [0.1, 0.15) is 11.6 Å². The zero-order valence-electron chi connectivity index (χ0n) is 18.6. The summed E-state index contributed by atoms with van der Waals surface area (Å²) in [6.07, 6.45) is 0.151. The number of nitrogens with one attached hydrogen (secondary N) is 1. The van der Waals surface area contributed by atoms with Crippen molar-refractivity contribution >= 4 is 40.8 Å². The lowest BCUT2D eigenvalue weighted by Gasteiger charge is -2.30. The number of ether oxygens (including phenoxy) is 1. The van der Waals surface area contributed by atoms with Crippen molar-refractivity contribution in [2.45, 2.75) is 50.5 Å². The molecule has 0 saturated carbocycles.